The maximum atomic E-state index is 13.6. The summed E-state index contributed by atoms with van der Waals surface area (Å²) in [7, 11) is 0. The molecule has 0 aliphatic heterocycles. The van der Waals surface area contributed by atoms with Gasteiger partial charge in [0.25, 0.3) is 5.91 Å². The molecule has 0 bridgehead atoms. The van der Waals surface area contributed by atoms with Crippen molar-refractivity contribution >= 4 is 29.2 Å². The number of carbonyl (C=O) groups is 2. The van der Waals surface area contributed by atoms with Crippen molar-refractivity contribution < 1.29 is 50.2 Å². The van der Waals surface area contributed by atoms with Gasteiger partial charge in [0.2, 0.25) is 17.6 Å². The van der Waals surface area contributed by atoms with E-state index in [0.29, 0.717) is 0 Å². The third-order valence-electron chi connectivity index (χ3n) is 4.50. The van der Waals surface area contributed by atoms with E-state index in [1.165, 1.54) is 6.07 Å². The number of oxazole rings is 1. The van der Waals surface area contributed by atoms with Crippen molar-refractivity contribution in [3.63, 3.8) is 0 Å². The summed E-state index contributed by atoms with van der Waals surface area (Å²) in [5, 5.41) is 20.9. The second-order valence-electron chi connectivity index (χ2n) is 7.52. The Hall–Kier alpha value is -4.70. The van der Waals surface area contributed by atoms with E-state index < -0.39 is 64.8 Å². The smallest absolute Gasteiger partial charge is 0.477 e. The summed E-state index contributed by atoms with van der Waals surface area (Å²) < 4.78 is 87.2. The molecule has 0 spiro atoms. The molecular weight excluding hydrogens is 530 g/mol. The second-order valence-corrected chi connectivity index (χ2v) is 7.52. The quantitative estimate of drug-likeness (QED) is 0.222. The van der Waals surface area contributed by atoms with Crippen molar-refractivity contribution in [2.75, 3.05) is 10.6 Å². The van der Waals surface area contributed by atoms with Crippen molar-refractivity contribution in [1.29, 1.82) is 5.41 Å². The zero-order chi connectivity index (χ0) is 28.3. The first kappa shape index (κ1) is 27.9. The maximum absolute atomic E-state index is 13.6. The van der Waals surface area contributed by atoms with Crippen molar-refractivity contribution in [2.45, 2.75) is 31.9 Å². The van der Waals surface area contributed by atoms with Crippen LogP contribution in [0.4, 0.5) is 38.0 Å². The highest BCUT2D eigenvalue weighted by Crippen LogP contribution is 2.39. The zero-order valence-electron chi connectivity index (χ0n) is 18.9. The molecule has 2 aromatic heterocycles. The van der Waals surface area contributed by atoms with Crippen LogP contribution in [0.1, 0.15) is 29.6 Å². The lowest BCUT2D eigenvalue weighted by Crippen LogP contribution is -2.24. The molecule has 3 aromatic rings. The summed E-state index contributed by atoms with van der Waals surface area (Å²) in [5.74, 6) is -6.56. The lowest BCUT2D eigenvalue weighted by atomic mass is 10.1. The largest absolute Gasteiger partial charge is 0.573 e. The molecule has 17 heteroatoms. The van der Waals surface area contributed by atoms with Crippen molar-refractivity contribution in [3.8, 4) is 17.2 Å². The fourth-order valence-corrected chi connectivity index (χ4v) is 2.96. The summed E-state index contributed by atoms with van der Waals surface area (Å²) >= 11 is 0. The number of hydrogen-bond acceptors (Lipinski definition) is 9. The number of benzene rings is 1. The predicted octanol–water partition coefficient (Wildman–Crippen LogP) is 4.60. The molecule has 11 nitrogen and oxygen atoms in total. The van der Waals surface area contributed by atoms with E-state index in [9.17, 15) is 35.9 Å². The van der Waals surface area contributed by atoms with E-state index in [1.54, 1.807) is 6.92 Å². The van der Waals surface area contributed by atoms with Crippen LogP contribution in [0.5, 0.6) is 5.75 Å². The number of carboxylic acids is 1. The second kappa shape index (κ2) is 10.7. The number of aliphatic carboxylic acids is 1. The Balaban J connectivity index is 1.82. The fourth-order valence-electron chi connectivity index (χ4n) is 2.96. The van der Waals surface area contributed by atoms with Crippen LogP contribution in [-0.4, -0.2) is 50.1 Å². The normalized spacial score (nSPS) is 12.5. The van der Waals surface area contributed by atoms with Crippen LogP contribution in [0, 0.1) is 5.41 Å². The first-order valence-corrected chi connectivity index (χ1v) is 10.3. The van der Waals surface area contributed by atoms with Crippen molar-refractivity contribution in [3.05, 3.63) is 48.1 Å². The lowest BCUT2D eigenvalue weighted by Gasteiger charge is -2.13. The number of ether oxygens (including phenoxy) is 1. The highest BCUT2D eigenvalue weighted by Gasteiger charge is 2.42. The molecule has 4 N–H and O–H groups in total. The molecule has 1 aromatic carbocycles. The number of nitrogens with zero attached hydrogens (tertiary/aromatic N) is 3. The SMILES string of the molecule is C[C@@H](CC(=N)C(=O)O)Nc1ncc(NC(=O)c2nc(-c3ccccc3OC(F)(F)F)oc2C(F)(F)F)cn1. The Kier molecular flexibility index (Phi) is 7.87. The minimum absolute atomic E-state index is 0.0327. The van der Waals surface area contributed by atoms with E-state index in [0.717, 1.165) is 30.6 Å². The Labute approximate surface area is 208 Å². The van der Waals surface area contributed by atoms with Gasteiger partial charge in [0, 0.05) is 12.5 Å². The summed E-state index contributed by atoms with van der Waals surface area (Å²) in [6.07, 6.45) is -8.52. The molecule has 0 aliphatic rings. The number of rotatable bonds is 9. The molecule has 202 valence electrons. The Morgan fingerprint density at radius 1 is 1.13 bits per heavy atom. The van der Waals surface area contributed by atoms with Gasteiger partial charge in [-0.2, -0.15) is 13.2 Å². The molecule has 0 saturated heterocycles. The van der Waals surface area contributed by atoms with Gasteiger partial charge in [-0.15, -0.1) is 13.2 Å². The molecule has 38 heavy (non-hydrogen) atoms. The van der Waals surface area contributed by atoms with Gasteiger partial charge in [-0.05, 0) is 19.1 Å². The van der Waals surface area contributed by atoms with Crippen molar-refractivity contribution in [2.24, 2.45) is 0 Å². The molecule has 1 amide bonds. The summed E-state index contributed by atoms with van der Waals surface area (Å²) in [4.78, 5) is 34.5. The predicted molar refractivity (Wildman–Crippen MR) is 117 cm³/mol. The Bertz CT molecular complexity index is 1340. The minimum atomic E-state index is -5.23. The summed E-state index contributed by atoms with van der Waals surface area (Å²) in [6, 6.07) is 3.58. The van der Waals surface area contributed by atoms with Crippen LogP contribution >= 0.6 is 0 Å². The van der Waals surface area contributed by atoms with Gasteiger partial charge in [-0.25, -0.2) is 19.7 Å². The number of carbonyl (C=O) groups excluding carboxylic acids is 1. The number of alkyl halides is 6. The van der Waals surface area contributed by atoms with E-state index in [-0.39, 0.29) is 18.1 Å². The van der Waals surface area contributed by atoms with Crippen LogP contribution < -0.4 is 15.4 Å². The molecular formula is C21H16F6N6O5. The van der Waals surface area contributed by atoms with E-state index >= 15 is 0 Å². The molecule has 0 saturated carbocycles. The average Bonchev–Trinajstić information content (AvgIpc) is 3.26. The van der Waals surface area contributed by atoms with Crippen molar-refractivity contribution in [1.82, 2.24) is 15.0 Å². The molecule has 0 fully saturated rings. The summed E-state index contributed by atoms with van der Waals surface area (Å²) in [5.41, 5.74) is -2.59. The van der Waals surface area contributed by atoms with Gasteiger partial charge in [0.1, 0.15) is 11.5 Å². The number of halogens is 6. The number of hydrogen-bond donors (Lipinski definition) is 4. The number of amides is 1. The van der Waals surface area contributed by atoms with E-state index in [4.69, 9.17) is 10.5 Å². The number of anilines is 2. The minimum Gasteiger partial charge on any atom is -0.477 e. The van der Waals surface area contributed by atoms with Crippen LogP contribution in [0.3, 0.4) is 0 Å². The van der Waals surface area contributed by atoms with Gasteiger partial charge in [0.15, 0.2) is 5.69 Å². The monoisotopic (exact) mass is 546 g/mol. The highest BCUT2D eigenvalue weighted by atomic mass is 19.4. The van der Waals surface area contributed by atoms with Gasteiger partial charge < -0.3 is 24.9 Å². The molecule has 3 rings (SSSR count). The van der Waals surface area contributed by atoms with E-state index in [1.807, 2.05) is 0 Å². The lowest BCUT2D eigenvalue weighted by molar-refractivity contribution is -0.274. The third-order valence-corrected chi connectivity index (χ3v) is 4.50. The fraction of sp³-hybridized carbons (Fsp3) is 0.238. The van der Waals surface area contributed by atoms with Gasteiger partial charge in [-0.3, -0.25) is 10.2 Å². The van der Waals surface area contributed by atoms with Gasteiger partial charge >= 0.3 is 18.5 Å². The zero-order valence-corrected chi connectivity index (χ0v) is 18.9. The topological polar surface area (TPSA) is 163 Å². The first-order valence-electron chi connectivity index (χ1n) is 10.3. The highest BCUT2D eigenvalue weighted by molar-refractivity contribution is 6.34. The number of carboxylic acid groups (broad SMARTS) is 1. The van der Waals surface area contributed by atoms with Gasteiger partial charge in [0.05, 0.1) is 23.6 Å². The Morgan fingerprint density at radius 2 is 1.76 bits per heavy atom. The maximum Gasteiger partial charge on any atom is 0.573 e. The standard InChI is InChI=1S/C21H16F6N6O5/c1-9(6-12(28)18(35)36)31-19-29-7-10(8-30-19)32-16(34)14-15(20(22,23)24)37-17(33-14)11-4-2-3-5-13(11)38-21(25,26)27/h2-5,7-9,28H,6H2,1H3,(H,32,34)(H,35,36)(H,29,30,31)/t9-/m0/s1. The molecule has 0 unspecified atom stereocenters. The molecule has 2 heterocycles. The summed E-state index contributed by atoms with van der Waals surface area (Å²) in [6.45, 7) is 1.55. The number of para-hydroxylation sites is 1. The van der Waals surface area contributed by atoms with Gasteiger partial charge in [-0.1, -0.05) is 12.1 Å². The molecule has 0 aliphatic carbocycles. The first-order chi connectivity index (χ1) is 17.6. The van der Waals surface area contributed by atoms with E-state index in [2.05, 4.69) is 34.7 Å². The van der Waals surface area contributed by atoms with Crippen LogP contribution in [0.2, 0.25) is 0 Å². The van der Waals surface area contributed by atoms with Crippen LogP contribution in [0.15, 0.2) is 41.1 Å². The third kappa shape index (κ3) is 7.17. The number of aromatic nitrogens is 3. The van der Waals surface area contributed by atoms with Crippen LogP contribution in [-0.2, 0) is 11.0 Å². The Morgan fingerprint density at radius 3 is 2.34 bits per heavy atom. The molecule has 1 atom stereocenters. The van der Waals surface area contributed by atoms with Crippen LogP contribution in [0.25, 0.3) is 11.5 Å². The average molecular weight is 546 g/mol. The number of nitrogens with one attached hydrogen (secondary N) is 3. The molecule has 0 radical (unpaired) electrons.